The molecule has 0 amide bonds. The fourth-order valence-corrected chi connectivity index (χ4v) is 2.39. The van der Waals surface area contributed by atoms with Crippen molar-refractivity contribution in [2.75, 3.05) is 13.1 Å². The molecule has 0 fully saturated rings. The van der Waals surface area contributed by atoms with Crippen molar-refractivity contribution in [1.82, 2.24) is 25.4 Å². The summed E-state index contributed by atoms with van der Waals surface area (Å²) in [7, 11) is 0. The highest BCUT2D eigenvalue weighted by Gasteiger charge is 2.05. The maximum atomic E-state index is 4.61. The Morgan fingerprint density at radius 3 is 2.56 bits per heavy atom. The van der Waals surface area contributed by atoms with Gasteiger partial charge in [0.2, 0.25) is 0 Å². The molecule has 0 aliphatic heterocycles. The molecule has 7 heteroatoms. The van der Waals surface area contributed by atoms with E-state index in [4.69, 9.17) is 0 Å². The minimum Gasteiger partial charge on any atom is -0.357 e. The standard InChI is InChI=1S/C18H28N6.HI/c1-5-7-10-20-18(19-6-2)22-13-16-8-9-17(21-12-16)24-15(4)11-14(3)23-24;/h8-9,11-12H,5-7,10,13H2,1-4H3,(H2,19,20,22);1H. The van der Waals surface area contributed by atoms with Crippen LogP contribution in [0, 0.1) is 13.8 Å². The van der Waals surface area contributed by atoms with Gasteiger partial charge in [-0.15, -0.1) is 24.0 Å². The number of hydrogen-bond acceptors (Lipinski definition) is 3. The van der Waals surface area contributed by atoms with Gasteiger partial charge in [0.05, 0.1) is 12.2 Å². The smallest absolute Gasteiger partial charge is 0.191 e. The number of aryl methyl sites for hydroxylation is 2. The average molecular weight is 456 g/mol. The van der Waals surface area contributed by atoms with Crippen molar-refractivity contribution in [2.24, 2.45) is 4.99 Å². The minimum atomic E-state index is 0. The van der Waals surface area contributed by atoms with E-state index in [9.17, 15) is 0 Å². The van der Waals surface area contributed by atoms with E-state index >= 15 is 0 Å². The van der Waals surface area contributed by atoms with Crippen LogP contribution < -0.4 is 10.6 Å². The van der Waals surface area contributed by atoms with Crippen LogP contribution in [-0.4, -0.2) is 33.8 Å². The van der Waals surface area contributed by atoms with Gasteiger partial charge in [0, 0.05) is 25.0 Å². The van der Waals surface area contributed by atoms with Crippen LogP contribution in [-0.2, 0) is 6.54 Å². The summed E-state index contributed by atoms with van der Waals surface area (Å²) in [6.07, 6.45) is 4.18. The van der Waals surface area contributed by atoms with E-state index in [2.05, 4.69) is 45.6 Å². The second-order valence-electron chi connectivity index (χ2n) is 5.84. The van der Waals surface area contributed by atoms with Crippen LogP contribution in [0.3, 0.4) is 0 Å². The molecule has 0 saturated carbocycles. The van der Waals surface area contributed by atoms with E-state index in [0.29, 0.717) is 6.54 Å². The van der Waals surface area contributed by atoms with Crippen LogP contribution in [0.4, 0.5) is 0 Å². The van der Waals surface area contributed by atoms with Crippen LogP contribution in [0.1, 0.15) is 43.6 Å². The number of pyridine rings is 1. The lowest BCUT2D eigenvalue weighted by Gasteiger charge is -2.10. The Kier molecular flexibility index (Phi) is 9.48. The second kappa shape index (κ2) is 11.1. The summed E-state index contributed by atoms with van der Waals surface area (Å²) in [5.74, 6) is 1.69. The number of aromatic nitrogens is 3. The lowest BCUT2D eigenvalue weighted by atomic mass is 10.3. The molecule has 25 heavy (non-hydrogen) atoms. The summed E-state index contributed by atoms with van der Waals surface area (Å²) in [6, 6.07) is 6.09. The molecule has 0 aliphatic rings. The van der Waals surface area contributed by atoms with Crippen molar-refractivity contribution in [3.05, 3.63) is 41.3 Å². The summed E-state index contributed by atoms with van der Waals surface area (Å²) in [5, 5.41) is 11.1. The zero-order valence-corrected chi connectivity index (χ0v) is 17.9. The van der Waals surface area contributed by atoms with Crippen LogP contribution in [0.15, 0.2) is 29.4 Å². The number of nitrogens with one attached hydrogen (secondary N) is 2. The SMILES string of the molecule is CCCCNC(=NCc1ccc(-n2nc(C)cc2C)nc1)NCC.I. The summed E-state index contributed by atoms with van der Waals surface area (Å²) < 4.78 is 1.86. The first-order valence-corrected chi connectivity index (χ1v) is 8.64. The Hall–Kier alpha value is -1.64. The first kappa shape index (κ1) is 21.4. The molecule has 0 unspecified atom stereocenters. The molecule has 2 aromatic rings. The first-order valence-electron chi connectivity index (χ1n) is 8.64. The highest BCUT2D eigenvalue weighted by molar-refractivity contribution is 14.0. The average Bonchev–Trinajstić information content (AvgIpc) is 2.92. The quantitative estimate of drug-likeness (QED) is 0.290. The number of rotatable bonds is 7. The Balaban J connectivity index is 0.00000312. The van der Waals surface area contributed by atoms with Gasteiger partial charge in [0.15, 0.2) is 11.8 Å². The van der Waals surface area contributed by atoms with Crippen molar-refractivity contribution in [3.8, 4) is 5.82 Å². The molecule has 6 nitrogen and oxygen atoms in total. The molecule has 0 radical (unpaired) electrons. The number of hydrogen-bond donors (Lipinski definition) is 2. The van der Waals surface area contributed by atoms with Crippen molar-refractivity contribution in [1.29, 1.82) is 0 Å². The molecule has 0 aliphatic carbocycles. The van der Waals surface area contributed by atoms with Gasteiger partial charge in [-0.05, 0) is 44.9 Å². The summed E-state index contributed by atoms with van der Waals surface area (Å²) >= 11 is 0. The molecule has 0 bridgehead atoms. The molecule has 0 spiro atoms. The number of nitrogens with zero attached hydrogens (tertiary/aromatic N) is 4. The molecule has 2 heterocycles. The molecule has 2 aromatic heterocycles. The van der Waals surface area contributed by atoms with Gasteiger partial charge in [-0.2, -0.15) is 5.10 Å². The third-order valence-corrected chi connectivity index (χ3v) is 3.62. The summed E-state index contributed by atoms with van der Waals surface area (Å²) in [4.78, 5) is 9.12. The fraction of sp³-hybridized carbons (Fsp3) is 0.500. The maximum absolute atomic E-state index is 4.61. The van der Waals surface area contributed by atoms with Gasteiger partial charge < -0.3 is 10.6 Å². The molecular weight excluding hydrogens is 427 g/mol. The zero-order chi connectivity index (χ0) is 17.4. The second-order valence-corrected chi connectivity index (χ2v) is 5.84. The van der Waals surface area contributed by atoms with E-state index in [-0.39, 0.29) is 24.0 Å². The molecule has 2 N–H and O–H groups in total. The van der Waals surface area contributed by atoms with Gasteiger partial charge in [-0.3, -0.25) is 0 Å². The summed E-state index contributed by atoms with van der Waals surface area (Å²) in [5.41, 5.74) is 3.16. The fourth-order valence-electron chi connectivity index (χ4n) is 2.39. The number of guanidine groups is 1. The van der Waals surface area contributed by atoms with Gasteiger partial charge >= 0.3 is 0 Å². The van der Waals surface area contributed by atoms with Crippen LogP contribution in [0.25, 0.3) is 5.82 Å². The Labute approximate surface area is 167 Å². The highest BCUT2D eigenvalue weighted by Crippen LogP contribution is 2.10. The molecule has 0 aromatic carbocycles. The largest absolute Gasteiger partial charge is 0.357 e. The van der Waals surface area contributed by atoms with E-state index in [1.54, 1.807) is 0 Å². The highest BCUT2D eigenvalue weighted by atomic mass is 127. The summed E-state index contributed by atoms with van der Waals surface area (Å²) in [6.45, 7) is 10.7. The van der Waals surface area contributed by atoms with E-state index in [1.165, 1.54) is 6.42 Å². The number of halogens is 1. The first-order chi connectivity index (χ1) is 11.6. The van der Waals surface area contributed by atoms with Gasteiger partial charge in [0.25, 0.3) is 0 Å². The van der Waals surface area contributed by atoms with E-state index in [1.807, 2.05) is 36.9 Å². The van der Waals surface area contributed by atoms with Gasteiger partial charge in [-0.25, -0.2) is 14.7 Å². The van der Waals surface area contributed by atoms with Crippen molar-refractivity contribution in [2.45, 2.75) is 47.1 Å². The number of unbranched alkanes of at least 4 members (excludes halogenated alkanes) is 1. The van der Waals surface area contributed by atoms with Gasteiger partial charge in [-0.1, -0.05) is 19.4 Å². The minimum absolute atomic E-state index is 0. The Bertz CT molecular complexity index is 663. The molecule has 0 atom stereocenters. The molecule has 0 saturated heterocycles. The maximum Gasteiger partial charge on any atom is 0.191 e. The van der Waals surface area contributed by atoms with Crippen molar-refractivity contribution < 1.29 is 0 Å². The van der Waals surface area contributed by atoms with Crippen LogP contribution >= 0.6 is 24.0 Å². The van der Waals surface area contributed by atoms with E-state index < -0.39 is 0 Å². The lowest BCUT2D eigenvalue weighted by Crippen LogP contribution is -2.37. The topological polar surface area (TPSA) is 67.1 Å². The monoisotopic (exact) mass is 456 g/mol. The number of aliphatic imine (C=N–C) groups is 1. The van der Waals surface area contributed by atoms with Crippen LogP contribution in [0.2, 0.25) is 0 Å². The third-order valence-electron chi connectivity index (χ3n) is 3.62. The van der Waals surface area contributed by atoms with E-state index in [0.717, 1.165) is 48.2 Å². The van der Waals surface area contributed by atoms with Crippen molar-refractivity contribution >= 4 is 29.9 Å². The zero-order valence-electron chi connectivity index (χ0n) is 15.5. The lowest BCUT2D eigenvalue weighted by molar-refractivity contribution is 0.730. The molecule has 138 valence electrons. The molecule has 2 rings (SSSR count). The Morgan fingerprint density at radius 1 is 1.20 bits per heavy atom. The van der Waals surface area contributed by atoms with Crippen LogP contribution in [0.5, 0.6) is 0 Å². The normalized spacial score (nSPS) is 11.1. The van der Waals surface area contributed by atoms with Gasteiger partial charge in [0.1, 0.15) is 0 Å². The predicted octanol–water partition coefficient (Wildman–Crippen LogP) is 3.36. The molecular formula is C18H29IN6. The Morgan fingerprint density at radius 2 is 2.00 bits per heavy atom. The third kappa shape index (κ3) is 6.64. The van der Waals surface area contributed by atoms with Crippen molar-refractivity contribution in [3.63, 3.8) is 0 Å². The predicted molar refractivity (Wildman–Crippen MR) is 114 cm³/mol.